The van der Waals surface area contributed by atoms with Crippen LogP contribution >= 0.6 is 0 Å². The van der Waals surface area contributed by atoms with Gasteiger partial charge in [-0.05, 0) is 59.5 Å². The number of nitrogens with zero attached hydrogens (tertiary/aromatic N) is 1. The van der Waals surface area contributed by atoms with Crippen LogP contribution in [0.25, 0.3) is 0 Å². The summed E-state index contributed by atoms with van der Waals surface area (Å²) in [7, 11) is 0. The number of carbonyl (C=O) groups is 2. The van der Waals surface area contributed by atoms with E-state index in [4.69, 9.17) is 4.74 Å². The van der Waals surface area contributed by atoms with E-state index in [1.54, 1.807) is 0 Å². The largest absolute Gasteiger partial charge is 0.444 e. The predicted octanol–water partition coefficient (Wildman–Crippen LogP) is 2.28. The summed E-state index contributed by atoms with van der Waals surface area (Å²) in [5, 5.41) is 5.77. The first kappa shape index (κ1) is 19.7. The third-order valence-corrected chi connectivity index (χ3v) is 3.78. The van der Waals surface area contributed by atoms with E-state index in [0.717, 1.165) is 26.1 Å². The lowest BCUT2D eigenvalue weighted by Gasteiger charge is -2.23. The normalized spacial score (nSPS) is 16.9. The number of ether oxygens (including phenoxy) is 1. The van der Waals surface area contributed by atoms with Crippen molar-refractivity contribution in [2.75, 3.05) is 26.2 Å². The van der Waals surface area contributed by atoms with Gasteiger partial charge >= 0.3 is 6.09 Å². The van der Waals surface area contributed by atoms with Crippen molar-refractivity contribution in [1.82, 2.24) is 15.5 Å². The maximum atomic E-state index is 12.0. The molecule has 6 nitrogen and oxygen atoms in total. The van der Waals surface area contributed by atoms with Crippen LogP contribution in [0.3, 0.4) is 0 Å². The van der Waals surface area contributed by atoms with Crippen molar-refractivity contribution in [3.63, 3.8) is 0 Å². The fraction of sp³-hybridized carbons (Fsp3) is 0.882. The molecule has 0 aromatic rings. The minimum Gasteiger partial charge on any atom is -0.444 e. The van der Waals surface area contributed by atoms with Crippen molar-refractivity contribution in [2.24, 2.45) is 0 Å². The van der Waals surface area contributed by atoms with Gasteiger partial charge in [-0.25, -0.2) is 4.79 Å². The Balaban J connectivity index is 2.13. The molecule has 6 heteroatoms. The molecule has 0 bridgehead atoms. The van der Waals surface area contributed by atoms with Crippen molar-refractivity contribution >= 4 is 12.0 Å². The molecule has 0 aliphatic carbocycles. The molecular weight excluding hydrogens is 294 g/mol. The van der Waals surface area contributed by atoms with Gasteiger partial charge in [0, 0.05) is 25.6 Å². The van der Waals surface area contributed by atoms with Gasteiger partial charge in [0.1, 0.15) is 5.60 Å². The van der Waals surface area contributed by atoms with Crippen molar-refractivity contribution in [3.05, 3.63) is 0 Å². The van der Waals surface area contributed by atoms with E-state index < -0.39 is 11.7 Å². The Morgan fingerprint density at radius 3 is 2.43 bits per heavy atom. The first-order valence-corrected chi connectivity index (χ1v) is 8.78. The molecule has 1 aliphatic heterocycles. The van der Waals surface area contributed by atoms with Crippen LogP contribution in [0.5, 0.6) is 0 Å². The second-order valence-corrected chi connectivity index (χ2v) is 7.21. The molecule has 1 heterocycles. The summed E-state index contributed by atoms with van der Waals surface area (Å²) < 4.78 is 5.14. The van der Waals surface area contributed by atoms with E-state index >= 15 is 0 Å². The number of carbonyl (C=O) groups excluding carboxylic acids is 2. The zero-order valence-corrected chi connectivity index (χ0v) is 15.1. The fourth-order valence-corrected chi connectivity index (χ4v) is 2.61. The van der Waals surface area contributed by atoms with Crippen LogP contribution in [-0.4, -0.2) is 54.7 Å². The van der Waals surface area contributed by atoms with Gasteiger partial charge in [-0.2, -0.15) is 0 Å². The number of nitrogens with one attached hydrogen (secondary N) is 2. The van der Waals surface area contributed by atoms with E-state index in [2.05, 4.69) is 22.5 Å². The standard InChI is InChI=1S/C17H33N3O3/c1-5-14(13-20-11-6-7-12-20)19-15(21)9-8-10-18-16(22)23-17(2,3)4/h14H,5-13H2,1-4H3,(H,18,22)(H,19,21)/t14-/m0/s1. The van der Waals surface area contributed by atoms with Crippen molar-refractivity contribution in [2.45, 2.75) is 71.4 Å². The quantitative estimate of drug-likeness (QED) is 0.671. The molecule has 0 spiro atoms. The molecule has 2 N–H and O–H groups in total. The van der Waals surface area contributed by atoms with E-state index in [0.29, 0.717) is 19.4 Å². The average molecular weight is 327 g/mol. The number of hydrogen-bond donors (Lipinski definition) is 2. The van der Waals surface area contributed by atoms with Gasteiger partial charge in [0.05, 0.1) is 0 Å². The topological polar surface area (TPSA) is 70.7 Å². The average Bonchev–Trinajstić information content (AvgIpc) is 2.94. The van der Waals surface area contributed by atoms with Gasteiger partial charge in [-0.15, -0.1) is 0 Å². The molecule has 1 fully saturated rings. The van der Waals surface area contributed by atoms with Crippen LogP contribution in [0.2, 0.25) is 0 Å². The number of amides is 2. The van der Waals surface area contributed by atoms with Crippen LogP contribution < -0.4 is 10.6 Å². The third-order valence-electron chi connectivity index (χ3n) is 3.78. The zero-order valence-electron chi connectivity index (χ0n) is 15.1. The van der Waals surface area contributed by atoms with Crippen LogP contribution in [0, 0.1) is 0 Å². The molecule has 0 aromatic heterocycles. The zero-order chi connectivity index (χ0) is 17.3. The SMILES string of the molecule is CC[C@@H](CN1CCCC1)NC(=O)CCCNC(=O)OC(C)(C)C. The van der Waals surface area contributed by atoms with Gasteiger partial charge in [0.2, 0.25) is 5.91 Å². The molecule has 1 atom stereocenters. The molecular formula is C17H33N3O3. The lowest BCUT2D eigenvalue weighted by Crippen LogP contribution is -2.42. The Kier molecular flexibility index (Phi) is 8.37. The Bertz CT molecular complexity index is 374. The van der Waals surface area contributed by atoms with Crippen LogP contribution in [0.15, 0.2) is 0 Å². The third kappa shape index (κ3) is 9.43. The molecule has 134 valence electrons. The smallest absolute Gasteiger partial charge is 0.407 e. The number of likely N-dealkylation sites (tertiary alicyclic amines) is 1. The van der Waals surface area contributed by atoms with Gasteiger partial charge in [0.25, 0.3) is 0 Å². The summed E-state index contributed by atoms with van der Waals surface area (Å²) in [6.07, 6.45) is 4.08. The first-order chi connectivity index (χ1) is 10.8. The maximum Gasteiger partial charge on any atom is 0.407 e. The Hall–Kier alpha value is -1.30. The highest BCUT2D eigenvalue weighted by atomic mass is 16.6. The molecule has 0 radical (unpaired) electrons. The molecule has 0 aromatic carbocycles. The Labute approximate surface area is 140 Å². The summed E-state index contributed by atoms with van der Waals surface area (Å²) in [6.45, 7) is 11.3. The van der Waals surface area contributed by atoms with Crippen molar-refractivity contribution in [3.8, 4) is 0 Å². The molecule has 23 heavy (non-hydrogen) atoms. The molecule has 1 saturated heterocycles. The summed E-state index contributed by atoms with van der Waals surface area (Å²) in [5.74, 6) is 0.0574. The monoisotopic (exact) mass is 327 g/mol. The highest BCUT2D eigenvalue weighted by Crippen LogP contribution is 2.09. The van der Waals surface area contributed by atoms with E-state index in [1.807, 2.05) is 20.8 Å². The van der Waals surface area contributed by atoms with E-state index in [-0.39, 0.29) is 11.9 Å². The highest BCUT2D eigenvalue weighted by molar-refractivity contribution is 5.76. The van der Waals surface area contributed by atoms with Gasteiger partial charge in [0.15, 0.2) is 0 Å². The lowest BCUT2D eigenvalue weighted by molar-refractivity contribution is -0.122. The Morgan fingerprint density at radius 2 is 1.87 bits per heavy atom. The number of alkyl carbamates (subject to hydrolysis) is 1. The van der Waals surface area contributed by atoms with Gasteiger partial charge in [-0.1, -0.05) is 6.92 Å². The fourth-order valence-electron chi connectivity index (χ4n) is 2.61. The minimum atomic E-state index is -0.495. The van der Waals surface area contributed by atoms with Crippen LogP contribution in [0.4, 0.5) is 4.79 Å². The molecule has 0 unspecified atom stereocenters. The number of rotatable bonds is 8. The number of hydrogen-bond acceptors (Lipinski definition) is 4. The van der Waals surface area contributed by atoms with Crippen molar-refractivity contribution < 1.29 is 14.3 Å². The summed E-state index contributed by atoms with van der Waals surface area (Å²) in [4.78, 5) is 25.9. The first-order valence-electron chi connectivity index (χ1n) is 8.78. The Morgan fingerprint density at radius 1 is 1.22 bits per heavy atom. The molecule has 2 amide bonds. The van der Waals surface area contributed by atoms with Crippen LogP contribution in [0.1, 0.15) is 59.8 Å². The molecule has 1 rings (SSSR count). The van der Waals surface area contributed by atoms with Gasteiger partial charge in [-0.3, -0.25) is 4.79 Å². The molecule has 0 saturated carbocycles. The predicted molar refractivity (Wildman–Crippen MR) is 91.4 cm³/mol. The summed E-state index contributed by atoms with van der Waals surface area (Å²) in [6, 6.07) is 0.222. The summed E-state index contributed by atoms with van der Waals surface area (Å²) >= 11 is 0. The van der Waals surface area contributed by atoms with E-state index in [9.17, 15) is 9.59 Å². The second-order valence-electron chi connectivity index (χ2n) is 7.21. The maximum absolute atomic E-state index is 12.0. The second kappa shape index (κ2) is 9.75. The highest BCUT2D eigenvalue weighted by Gasteiger charge is 2.18. The lowest BCUT2D eigenvalue weighted by atomic mass is 10.2. The molecule has 1 aliphatic rings. The van der Waals surface area contributed by atoms with Gasteiger partial charge < -0.3 is 20.3 Å². The summed E-state index contributed by atoms with van der Waals surface area (Å²) in [5.41, 5.74) is -0.495. The van der Waals surface area contributed by atoms with E-state index in [1.165, 1.54) is 12.8 Å². The van der Waals surface area contributed by atoms with Crippen molar-refractivity contribution in [1.29, 1.82) is 0 Å². The van der Waals surface area contributed by atoms with Crippen LogP contribution in [-0.2, 0) is 9.53 Å². The minimum absolute atomic E-state index is 0.0574.